The quantitative estimate of drug-likeness (QED) is 0.703. The molecule has 0 radical (unpaired) electrons. The second kappa shape index (κ2) is 8.90. The van der Waals surface area contributed by atoms with Gasteiger partial charge in [-0.15, -0.1) is 0 Å². The maximum atomic E-state index is 8.91. The first kappa shape index (κ1) is 14.9. The Bertz CT molecular complexity index is 179. The molecular formula is C14H30N2O. The summed E-state index contributed by atoms with van der Waals surface area (Å²) in [5.41, 5.74) is 0. The van der Waals surface area contributed by atoms with Crippen molar-refractivity contribution in [3.63, 3.8) is 0 Å². The highest BCUT2D eigenvalue weighted by molar-refractivity contribution is 4.74. The Kier molecular flexibility index (Phi) is 7.82. The summed E-state index contributed by atoms with van der Waals surface area (Å²) in [7, 11) is 0. The summed E-state index contributed by atoms with van der Waals surface area (Å²) >= 11 is 0. The summed E-state index contributed by atoms with van der Waals surface area (Å²) < 4.78 is 0. The molecule has 1 aliphatic heterocycles. The molecule has 1 atom stereocenters. The van der Waals surface area contributed by atoms with E-state index in [0.29, 0.717) is 6.61 Å². The van der Waals surface area contributed by atoms with Gasteiger partial charge >= 0.3 is 0 Å². The number of aliphatic hydroxyl groups is 1. The third-order valence-electron chi connectivity index (χ3n) is 3.94. The molecule has 0 saturated carbocycles. The lowest BCUT2D eigenvalue weighted by molar-refractivity contribution is 0.0993. The minimum atomic E-state index is 0.300. The first-order valence-electron chi connectivity index (χ1n) is 7.35. The van der Waals surface area contributed by atoms with Crippen LogP contribution in [-0.2, 0) is 0 Å². The Morgan fingerprint density at radius 3 is 2.24 bits per heavy atom. The highest BCUT2D eigenvalue weighted by Crippen LogP contribution is 2.15. The van der Waals surface area contributed by atoms with E-state index in [0.717, 1.165) is 25.6 Å². The zero-order valence-electron chi connectivity index (χ0n) is 11.7. The number of β-amino-alcohol motifs (C(OH)–C–C–N with tert-alkyl or cyclic N) is 1. The number of nitrogens with zero attached hydrogens (tertiary/aromatic N) is 2. The lowest BCUT2D eigenvalue weighted by Gasteiger charge is -2.36. The summed E-state index contributed by atoms with van der Waals surface area (Å²) in [4.78, 5) is 4.97. The summed E-state index contributed by atoms with van der Waals surface area (Å²) in [6.45, 7) is 11.7. The maximum Gasteiger partial charge on any atom is 0.0558 e. The maximum absolute atomic E-state index is 8.91. The fraction of sp³-hybridized carbons (Fsp3) is 1.00. The molecule has 0 aliphatic carbocycles. The van der Waals surface area contributed by atoms with Gasteiger partial charge in [-0.1, -0.05) is 33.1 Å². The standard InChI is InChI=1S/C14H30N2O/c1-3-5-6-14(4-2)13-16-9-7-15(8-10-16)11-12-17/h14,17H,3-13H2,1-2H3. The Balaban J connectivity index is 2.19. The van der Waals surface area contributed by atoms with Gasteiger partial charge in [-0.3, -0.25) is 4.90 Å². The zero-order valence-corrected chi connectivity index (χ0v) is 11.7. The molecule has 1 rings (SSSR count). The number of aliphatic hydroxyl groups excluding tert-OH is 1. The van der Waals surface area contributed by atoms with Gasteiger partial charge in [0.05, 0.1) is 6.61 Å². The van der Waals surface area contributed by atoms with Gasteiger partial charge in [-0.2, -0.15) is 0 Å². The lowest BCUT2D eigenvalue weighted by atomic mass is 9.98. The highest BCUT2D eigenvalue weighted by Gasteiger charge is 2.18. The SMILES string of the molecule is CCCCC(CC)CN1CCN(CCO)CC1. The number of hydrogen-bond acceptors (Lipinski definition) is 3. The van der Waals surface area contributed by atoms with Crippen LogP contribution in [0.15, 0.2) is 0 Å². The molecule has 1 aliphatic rings. The van der Waals surface area contributed by atoms with Crippen molar-refractivity contribution in [1.82, 2.24) is 9.80 Å². The van der Waals surface area contributed by atoms with Gasteiger partial charge in [-0.05, 0) is 12.3 Å². The monoisotopic (exact) mass is 242 g/mol. The largest absolute Gasteiger partial charge is 0.395 e. The average molecular weight is 242 g/mol. The number of hydrogen-bond donors (Lipinski definition) is 1. The van der Waals surface area contributed by atoms with Crippen LogP contribution in [0.4, 0.5) is 0 Å². The van der Waals surface area contributed by atoms with E-state index in [1.807, 2.05) is 0 Å². The van der Waals surface area contributed by atoms with Crippen molar-refractivity contribution >= 4 is 0 Å². The molecule has 3 heteroatoms. The number of rotatable bonds is 8. The minimum Gasteiger partial charge on any atom is -0.395 e. The van der Waals surface area contributed by atoms with Crippen LogP contribution in [0.5, 0.6) is 0 Å². The van der Waals surface area contributed by atoms with Gasteiger partial charge in [0.1, 0.15) is 0 Å². The van der Waals surface area contributed by atoms with Crippen molar-refractivity contribution < 1.29 is 5.11 Å². The van der Waals surface area contributed by atoms with Crippen molar-refractivity contribution in [1.29, 1.82) is 0 Å². The molecule has 1 fully saturated rings. The van der Waals surface area contributed by atoms with Crippen molar-refractivity contribution in [2.45, 2.75) is 39.5 Å². The molecule has 3 nitrogen and oxygen atoms in total. The van der Waals surface area contributed by atoms with E-state index in [4.69, 9.17) is 5.11 Å². The molecule has 0 amide bonds. The molecular weight excluding hydrogens is 212 g/mol. The molecule has 0 aromatic carbocycles. The molecule has 1 heterocycles. The van der Waals surface area contributed by atoms with Gasteiger partial charge in [0.15, 0.2) is 0 Å². The molecule has 0 spiro atoms. The van der Waals surface area contributed by atoms with Crippen LogP contribution >= 0.6 is 0 Å². The van der Waals surface area contributed by atoms with Gasteiger partial charge in [0, 0.05) is 39.3 Å². The van der Waals surface area contributed by atoms with Crippen LogP contribution < -0.4 is 0 Å². The van der Waals surface area contributed by atoms with Gasteiger partial charge in [0.2, 0.25) is 0 Å². The molecule has 1 unspecified atom stereocenters. The highest BCUT2D eigenvalue weighted by atomic mass is 16.3. The molecule has 102 valence electrons. The Morgan fingerprint density at radius 1 is 1.06 bits per heavy atom. The average Bonchev–Trinajstić information content (AvgIpc) is 2.37. The van der Waals surface area contributed by atoms with Gasteiger partial charge in [0.25, 0.3) is 0 Å². The van der Waals surface area contributed by atoms with Crippen LogP contribution in [0, 0.1) is 5.92 Å². The predicted molar refractivity (Wildman–Crippen MR) is 73.3 cm³/mol. The Labute approximate surface area is 107 Å². The summed E-state index contributed by atoms with van der Waals surface area (Å²) in [5.74, 6) is 0.888. The van der Waals surface area contributed by atoms with Crippen molar-refractivity contribution in [3.8, 4) is 0 Å². The third-order valence-corrected chi connectivity index (χ3v) is 3.94. The molecule has 0 aromatic heterocycles. The second-order valence-electron chi connectivity index (χ2n) is 5.28. The van der Waals surface area contributed by atoms with Crippen molar-refractivity contribution in [3.05, 3.63) is 0 Å². The van der Waals surface area contributed by atoms with Crippen molar-refractivity contribution in [2.75, 3.05) is 45.9 Å². The summed E-state index contributed by atoms with van der Waals surface area (Å²) in [6.07, 6.45) is 5.41. The molecule has 0 aromatic rings. The topological polar surface area (TPSA) is 26.7 Å². The van der Waals surface area contributed by atoms with Crippen LogP contribution in [0.1, 0.15) is 39.5 Å². The van der Waals surface area contributed by atoms with E-state index in [1.165, 1.54) is 45.3 Å². The Hall–Kier alpha value is -0.120. The van der Waals surface area contributed by atoms with Crippen LogP contribution in [0.25, 0.3) is 0 Å². The smallest absolute Gasteiger partial charge is 0.0558 e. The summed E-state index contributed by atoms with van der Waals surface area (Å²) in [6, 6.07) is 0. The first-order chi connectivity index (χ1) is 8.30. The van der Waals surface area contributed by atoms with Gasteiger partial charge in [-0.25, -0.2) is 0 Å². The molecule has 1 N–H and O–H groups in total. The second-order valence-corrected chi connectivity index (χ2v) is 5.28. The van der Waals surface area contributed by atoms with Crippen molar-refractivity contribution in [2.24, 2.45) is 5.92 Å². The number of unbranched alkanes of at least 4 members (excludes halogenated alkanes) is 1. The normalized spacial score (nSPS) is 20.6. The third kappa shape index (κ3) is 5.84. The predicted octanol–water partition coefficient (Wildman–Crippen LogP) is 1.81. The van der Waals surface area contributed by atoms with Crippen LogP contribution in [0.3, 0.4) is 0 Å². The fourth-order valence-electron chi connectivity index (χ4n) is 2.62. The Morgan fingerprint density at radius 2 is 1.71 bits per heavy atom. The van der Waals surface area contributed by atoms with Crippen LogP contribution in [-0.4, -0.2) is 60.8 Å². The van der Waals surface area contributed by atoms with E-state index in [9.17, 15) is 0 Å². The lowest BCUT2D eigenvalue weighted by Crippen LogP contribution is -2.48. The summed E-state index contributed by atoms with van der Waals surface area (Å²) in [5, 5.41) is 8.91. The van der Waals surface area contributed by atoms with E-state index in [1.54, 1.807) is 0 Å². The first-order valence-corrected chi connectivity index (χ1v) is 7.35. The van der Waals surface area contributed by atoms with Crippen LogP contribution in [0.2, 0.25) is 0 Å². The van der Waals surface area contributed by atoms with Gasteiger partial charge < -0.3 is 10.0 Å². The van der Waals surface area contributed by atoms with E-state index < -0.39 is 0 Å². The molecule has 1 saturated heterocycles. The number of piperazine rings is 1. The fourth-order valence-corrected chi connectivity index (χ4v) is 2.62. The minimum absolute atomic E-state index is 0.300. The zero-order chi connectivity index (χ0) is 12.5. The molecule has 0 bridgehead atoms. The van der Waals surface area contributed by atoms with E-state index >= 15 is 0 Å². The van der Waals surface area contributed by atoms with E-state index in [-0.39, 0.29) is 0 Å². The molecule has 17 heavy (non-hydrogen) atoms. The van der Waals surface area contributed by atoms with E-state index in [2.05, 4.69) is 23.6 Å².